The third-order valence-electron chi connectivity index (χ3n) is 3.01. The van der Waals surface area contributed by atoms with E-state index in [4.69, 9.17) is 21.1 Å². The highest BCUT2D eigenvalue weighted by molar-refractivity contribution is 6.29. The quantitative estimate of drug-likeness (QED) is 0.677. The molecule has 3 rings (SSSR count). The fraction of sp³-hybridized carbons (Fsp3) is 0.143. The van der Waals surface area contributed by atoms with Gasteiger partial charge in [0.2, 0.25) is 5.88 Å². The maximum Gasteiger partial charge on any atom is 0.353 e. The SMILES string of the molecule is COc1nn(C)c(=O)n1-c1ccccc1Oc1cc(Cl)ncn1. The van der Waals surface area contributed by atoms with Crippen molar-refractivity contribution in [1.29, 1.82) is 0 Å². The molecule has 0 aliphatic rings. The third kappa shape index (κ3) is 2.88. The van der Waals surface area contributed by atoms with E-state index >= 15 is 0 Å². The molecule has 0 radical (unpaired) electrons. The van der Waals surface area contributed by atoms with Gasteiger partial charge in [-0.1, -0.05) is 23.7 Å². The lowest BCUT2D eigenvalue weighted by molar-refractivity contribution is 0.366. The average molecular weight is 334 g/mol. The Labute approximate surface area is 135 Å². The van der Waals surface area contributed by atoms with E-state index in [0.717, 1.165) is 0 Å². The lowest BCUT2D eigenvalue weighted by Gasteiger charge is -2.11. The summed E-state index contributed by atoms with van der Waals surface area (Å²) in [5, 5.41) is 4.26. The maximum absolute atomic E-state index is 12.3. The predicted octanol–water partition coefficient (Wildman–Crippen LogP) is 1.82. The Morgan fingerprint density at radius 1 is 1.22 bits per heavy atom. The molecule has 0 spiro atoms. The first-order valence-corrected chi connectivity index (χ1v) is 6.93. The van der Waals surface area contributed by atoms with Crippen molar-refractivity contribution in [2.75, 3.05) is 7.11 Å². The van der Waals surface area contributed by atoms with Gasteiger partial charge in [0.05, 0.1) is 12.8 Å². The first-order chi connectivity index (χ1) is 11.1. The van der Waals surface area contributed by atoms with E-state index in [-0.39, 0.29) is 22.7 Å². The molecule has 3 aromatic rings. The molecule has 118 valence electrons. The van der Waals surface area contributed by atoms with E-state index in [0.29, 0.717) is 11.4 Å². The Bertz CT molecular complexity index is 905. The van der Waals surface area contributed by atoms with Crippen molar-refractivity contribution in [3.63, 3.8) is 0 Å². The highest BCUT2D eigenvalue weighted by atomic mass is 35.5. The minimum atomic E-state index is -0.362. The summed E-state index contributed by atoms with van der Waals surface area (Å²) in [5.41, 5.74) is 0.107. The molecule has 0 fully saturated rings. The molecule has 2 heterocycles. The van der Waals surface area contributed by atoms with E-state index in [9.17, 15) is 4.79 Å². The van der Waals surface area contributed by atoms with Gasteiger partial charge in [0, 0.05) is 13.1 Å². The summed E-state index contributed by atoms with van der Waals surface area (Å²) >= 11 is 5.82. The van der Waals surface area contributed by atoms with Gasteiger partial charge in [-0.2, -0.15) is 0 Å². The summed E-state index contributed by atoms with van der Waals surface area (Å²) in [6.07, 6.45) is 1.29. The molecule has 8 nitrogen and oxygen atoms in total. The monoisotopic (exact) mass is 333 g/mol. The van der Waals surface area contributed by atoms with Crippen molar-refractivity contribution in [1.82, 2.24) is 24.3 Å². The number of nitrogens with zero attached hydrogens (tertiary/aromatic N) is 5. The van der Waals surface area contributed by atoms with Gasteiger partial charge < -0.3 is 9.47 Å². The molecule has 0 aliphatic carbocycles. The number of benzene rings is 1. The van der Waals surface area contributed by atoms with Crippen LogP contribution in [0, 0.1) is 0 Å². The molecular formula is C14H12ClN5O3. The molecule has 0 aliphatic heterocycles. The number of aromatic nitrogens is 5. The van der Waals surface area contributed by atoms with Crippen LogP contribution in [0.25, 0.3) is 5.69 Å². The second kappa shape index (κ2) is 6.09. The van der Waals surface area contributed by atoms with Crippen LogP contribution in [-0.4, -0.2) is 31.4 Å². The molecule has 9 heteroatoms. The lowest BCUT2D eigenvalue weighted by Crippen LogP contribution is -2.22. The summed E-state index contributed by atoms with van der Waals surface area (Å²) in [6.45, 7) is 0. The van der Waals surface area contributed by atoms with Gasteiger partial charge in [0.25, 0.3) is 0 Å². The van der Waals surface area contributed by atoms with E-state index in [2.05, 4.69) is 15.1 Å². The zero-order valence-electron chi connectivity index (χ0n) is 12.3. The van der Waals surface area contributed by atoms with Crippen molar-refractivity contribution in [3.8, 4) is 23.3 Å². The van der Waals surface area contributed by atoms with E-state index < -0.39 is 0 Å². The third-order valence-corrected chi connectivity index (χ3v) is 3.21. The second-order valence-electron chi connectivity index (χ2n) is 4.48. The minimum absolute atomic E-state index is 0.147. The maximum atomic E-state index is 12.3. The smallest absolute Gasteiger partial charge is 0.353 e. The van der Waals surface area contributed by atoms with Crippen molar-refractivity contribution in [3.05, 3.63) is 52.3 Å². The van der Waals surface area contributed by atoms with Crippen LogP contribution in [0.2, 0.25) is 5.15 Å². The van der Waals surface area contributed by atoms with Gasteiger partial charge in [-0.25, -0.2) is 24.0 Å². The predicted molar refractivity (Wildman–Crippen MR) is 82.5 cm³/mol. The highest BCUT2D eigenvalue weighted by Crippen LogP contribution is 2.28. The molecule has 0 atom stereocenters. The zero-order valence-corrected chi connectivity index (χ0v) is 13.1. The van der Waals surface area contributed by atoms with Crippen LogP contribution >= 0.6 is 11.6 Å². The minimum Gasteiger partial charge on any atom is -0.467 e. The van der Waals surface area contributed by atoms with Crippen LogP contribution in [0.3, 0.4) is 0 Å². The number of rotatable bonds is 4. The topological polar surface area (TPSA) is 84.1 Å². The molecule has 0 saturated carbocycles. The summed E-state index contributed by atoms with van der Waals surface area (Å²) in [5.74, 6) is 0.657. The van der Waals surface area contributed by atoms with Gasteiger partial charge in [-0.05, 0) is 12.1 Å². The number of methoxy groups -OCH3 is 1. The number of ether oxygens (including phenoxy) is 2. The molecule has 0 N–H and O–H groups in total. The molecule has 23 heavy (non-hydrogen) atoms. The van der Waals surface area contributed by atoms with Gasteiger partial charge >= 0.3 is 11.7 Å². The van der Waals surface area contributed by atoms with Crippen LogP contribution in [0.1, 0.15) is 0 Å². The van der Waals surface area contributed by atoms with Crippen LogP contribution < -0.4 is 15.2 Å². The van der Waals surface area contributed by atoms with Crippen molar-refractivity contribution >= 4 is 11.6 Å². The van der Waals surface area contributed by atoms with Gasteiger partial charge in [-0.3, -0.25) is 0 Å². The van der Waals surface area contributed by atoms with E-state index in [1.54, 1.807) is 24.3 Å². The first-order valence-electron chi connectivity index (χ1n) is 6.55. The Hall–Kier alpha value is -2.87. The summed E-state index contributed by atoms with van der Waals surface area (Å²) in [7, 11) is 2.97. The van der Waals surface area contributed by atoms with Crippen LogP contribution in [0.15, 0.2) is 41.5 Å². The number of para-hydroxylation sites is 2. The number of halogens is 1. The van der Waals surface area contributed by atoms with Gasteiger partial charge in [0.1, 0.15) is 11.5 Å². The Kier molecular flexibility index (Phi) is 3.98. The van der Waals surface area contributed by atoms with Gasteiger partial charge in [0.15, 0.2) is 5.75 Å². The first kappa shape index (κ1) is 15.0. The fourth-order valence-corrected chi connectivity index (χ4v) is 2.13. The van der Waals surface area contributed by atoms with Crippen molar-refractivity contribution in [2.45, 2.75) is 0 Å². The normalized spacial score (nSPS) is 10.6. The molecule has 0 bridgehead atoms. The summed E-state index contributed by atoms with van der Waals surface area (Å²) in [4.78, 5) is 20.1. The van der Waals surface area contributed by atoms with E-state index in [1.165, 1.54) is 35.8 Å². The second-order valence-corrected chi connectivity index (χ2v) is 4.86. The number of hydrogen-bond donors (Lipinski definition) is 0. The summed E-state index contributed by atoms with van der Waals surface area (Å²) in [6, 6.07) is 8.58. The zero-order chi connectivity index (χ0) is 16.4. The Morgan fingerprint density at radius 3 is 2.74 bits per heavy atom. The lowest BCUT2D eigenvalue weighted by atomic mass is 10.3. The Morgan fingerprint density at radius 2 is 2.00 bits per heavy atom. The van der Waals surface area contributed by atoms with Crippen LogP contribution in [0.5, 0.6) is 17.6 Å². The molecule has 0 unspecified atom stereocenters. The summed E-state index contributed by atoms with van der Waals surface area (Å²) < 4.78 is 13.4. The van der Waals surface area contributed by atoms with Crippen LogP contribution in [-0.2, 0) is 7.05 Å². The molecular weight excluding hydrogens is 322 g/mol. The molecule has 0 amide bonds. The van der Waals surface area contributed by atoms with Crippen molar-refractivity contribution in [2.24, 2.45) is 7.05 Å². The number of aryl methyl sites for hydroxylation is 1. The standard InChI is InChI=1S/C14H12ClN5O3/c1-19-14(21)20(13(18-19)22-2)9-5-3-4-6-10(9)23-12-7-11(15)16-8-17-12/h3-8H,1-2H3. The fourth-order valence-electron chi connectivity index (χ4n) is 1.99. The molecule has 2 aromatic heterocycles. The van der Waals surface area contributed by atoms with Crippen LogP contribution in [0.4, 0.5) is 0 Å². The molecule has 0 saturated heterocycles. The Balaban J connectivity index is 2.10. The largest absolute Gasteiger partial charge is 0.467 e. The average Bonchev–Trinajstić information content (AvgIpc) is 2.83. The van der Waals surface area contributed by atoms with Gasteiger partial charge in [-0.15, -0.1) is 5.10 Å². The van der Waals surface area contributed by atoms with E-state index in [1.807, 2.05) is 0 Å². The highest BCUT2D eigenvalue weighted by Gasteiger charge is 2.17. The molecule has 1 aromatic carbocycles. The van der Waals surface area contributed by atoms with Crippen molar-refractivity contribution < 1.29 is 9.47 Å². The number of hydrogen-bond acceptors (Lipinski definition) is 6.